The molecule has 3 heterocycles. The number of carbonyl (C=O) groups excluding carboxylic acids is 4. The SMILES string of the molecule is Cl.O=C1CCC(N2C(=O)c3cc4c(cc3C2=O)CNC4)C(=O)N1. The average molecular weight is 336 g/mol. The van der Waals surface area contributed by atoms with Crippen molar-refractivity contribution in [1.82, 2.24) is 15.5 Å². The van der Waals surface area contributed by atoms with Gasteiger partial charge >= 0.3 is 0 Å². The second-order valence-corrected chi connectivity index (χ2v) is 5.72. The van der Waals surface area contributed by atoms with Gasteiger partial charge in [0.1, 0.15) is 6.04 Å². The highest BCUT2D eigenvalue weighted by Crippen LogP contribution is 2.31. The topological polar surface area (TPSA) is 95.6 Å². The van der Waals surface area contributed by atoms with Gasteiger partial charge in [0, 0.05) is 19.5 Å². The molecule has 1 fully saturated rings. The van der Waals surface area contributed by atoms with Gasteiger partial charge in [-0.2, -0.15) is 0 Å². The van der Waals surface area contributed by atoms with Crippen molar-refractivity contribution in [1.29, 1.82) is 0 Å². The van der Waals surface area contributed by atoms with Gasteiger partial charge in [-0.05, 0) is 29.7 Å². The van der Waals surface area contributed by atoms with Gasteiger partial charge < -0.3 is 5.32 Å². The van der Waals surface area contributed by atoms with E-state index in [1.54, 1.807) is 12.1 Å². The lowest BCUT2D eigenvalue weighted by molar-refractivity contribution is -0.136. The second-order valence-electron chi connectivity index (χ2n) is 5.72. The van der Waals surface area contributed by atoms with Gasteiger partial charge in [-0.15, -0.1) is 12.4 Å². The number of amides is 4. The number of benzene rings is 1. The van der Waals surface area contributed by atoms with Crippen LogP contribution in [-0.4, -0.2) is 34.6 Å². The maximum absolute atomic E-state index is 12.6. The zero-order valence-electron chi connectivity index (χ0n) is 12.0. The molecule has 2 N–H and O–H groups in total. The summed E-state index contributed by atoms with van der Waals surface area (Å²) in [6, 6.07) is 2.56. The summed E-state index contributed by atoms with van der Waals surface area (Å²) in [5.41, 5.74) is 2.70. The number of nitrogens with zero attached hydrogens (tertiary/aromatic N) is 1. The Hall–Kier alpha value is -2.25. The van der Waals surface area contributed by atoms with Gasteiger partial charge in [0.2, 0.25) is 11.8 Å². The minimum Gasteiger partial charge on any atom is -0.309 e. The Morgan fingerprint density at radius 1 is 0.957 bits per heavy atom. The number of piperidine rings is 1. The zero-order valence-corrected chi connectivity index (χ0v) is 12.9. The van der Waals surface area contributed by atoms with Crippen LogP contribution in [0.2, 0.25) is 0 Å². The van der Waals surface area contributed by atoms with Crippen LogP contribution in [-0.2, 0) is 22.7 Å². The fourth-order valence-electron chi connectivity index (χ4n) is 3.27. The molecule has 4 amide bonds. The maximum atomic E-state index is 12.6. The minimum atomic E-state index is -0.905. The molecule has 0 spiro atoms. The quantitative estimate of drug-likeness (QED) is 0.710. The summed E-state index contributed by atoms with van der Waals surface area (Å²) in [7, 11) is 0. The lowest BCUT2D eigenvalue weighted by atomic mass is 10.0. The van der Waals surface area contributed by atoms with Gasteiger partial charge in [0.25, 0.3) is 11.8 Å². The Balaban J connectivity index is 0.00000156. The lowest BCUT2D eigenvalue weighted by Gasteiger charge is -2.27. The first-order valence-corrected chi connectivity index (χ1v) is 7.14. The van der Waals surface area contributed by atoms with E-state index in [9.17, 15) is 19.2 Å². The molecule has 1 aromatic rings. The fraction of sp³-hybridized carbons (Fsp3) is 0.333. The van der Waals surface area contributed by atoms with Gasteiger partial charge in [-0.25, -0.2) is 0 Å². The molecule has 8 heteroatoms. The maximum Gasteiger partial charge on any atom is 0.262 e. The summed E-state index contributed by atoms with van der Waals surface area (Å²) in [5.74, 6) is -1.86. The highest BCUT2D eigenvalue weighted by Gasteiger charge is 2.45. The molecule has 0 aromatic heterocycles. The first kappa shape index (κ1) is 15.6. The van der Waals surface area contributed by atoms with E-state index in [2.05, 4.69) is 10.6 Å². The summed E-state index contributed by atoms with van der Waals surface area (Å²) in [6.45, 7) is 1.34. The first-order chi connectivity index (χ1) is 10.6. The van der Waals surface area contributed by atoms with Gasteiger partial charge in [-0.1, -0.05) is 0 Å². The molecule has 1 unspecified atom stereocenters. The summed E-state index contributed by atoms with van der Waals surface area (Å²) in [6.07, 6.45) is 0.307. The number of fused-ring (bicyclic) bond motifs is 2. The van der Waals surface area contributed by atoms with Crippen molar-refractivity contribution in [3.8, 4) is 0 Å². The summed E-state index contributed by atoms with van der Waals surface area (Å²) >= 11 is 0. The number of nitrogens with one attached hydrogen (secondary N) is 2. The van der Waals surface area contributed by atoms with E-state index in [-0.39, 0.29) is 31.2 Å². The Morgan fingerprint density at radius 2 is 1.52 bits per heavy atom. The molecule has 3 aliphatic heterocycles. The first-order valence-electron chi connectivity index (χ1n) is 7.14. The monoisotopic (exact) mass is 335 g/mol. The molecule has 23 heavy (non-hydrogen) atoms. The predicted octanol–water partition coefficient (Wildman–Crippen LogP) is 0.113. The van der Waals surface area contributed by atoms with E-state index < -0.39 is 23.8 Å². The number of imide groups is 2. The summed E-state index contributed by atoms with van der Waals surface area (Å²) in [4.78, 5) is 49.3. The average Bonchev–Trinajstić information content (AvgIpc) is 3.03. The van der Waals surface area contributed by atoms with Crippen LogP contribution >= 0.6 is 12.4 Å². The number of halogens is 1. The zero-order chi connectivity index (χ0) is 15.4. The van der Waals surface area contributed by atoms with Crippen molar-refractivity contribution < 1.29 is 19.2 Å². The molecule has 3 aliphatic rings. The summed E-state index contributed by atoms with van der Waals surface area (Å²) in [5, 5.41) is 5.35. The van der Waals surface area contributed by atoms with Crippen LogP contribution in [0.15, 0.2) is 12.1 Å². The minimum absolute atomic E-state index is 0. The molecule has 1 atom stereocenters. The highest BCUT2D eigenvalue weighted by atomic mass is 35.5. The van der Waals surface area contributed by atoms with E-state index in [0.29, 0.717) is 24.2 Å². The van der Waals surface area contributed by atoms with Crippen LogP contribution in [0.4, 0.5) is 0 Å². The van der Waals surface area contributed by atoms with E-state index in [0.717, 1.165) is 16.0 Å². The molecule has 0 aliphatic carbocycles. The van der Waals surface area contributed by atoms with Crippen molar-refractivity contribution in [2.45, 2.75) is 32.0 Å². The molecule has 7 nitrogen and oxygen atoms in total. The number of carbonyl (C=O) groups is 4. The smallest absolute Gasteiger partial charge is 0.262 e. The highest BCUT2D eigenvalue weighted by molar-refractivity contribution is 6.23. The molecule has 1 saturated heterocycles. The van der Waals surface area contributed by atoms with E-state index in [1.165, 1.54) is 0 Å². The van der Waals surface area contributed by atoms with Crippen LogP contribution < -0.4 is 10.6 Å². The van der Waals surface area contributed by atoms with Crippen molar-refractivity contribution in [3.63, 3.8) is 0 Å². The van der Waals surface area contributed by atoms with Crippen molar-refractivity contribution >= 4 is 36.0 Å². The Kier molecular flexibility index (Phi) is 3.69. The molecule has 0 radical (unpaired) electrons. The van der Waals surface area contributed by atoms with Crippen molar-refractivity contribution in [2.75, 3.05) is 0 Å². The van der Waals surface area contributed by atoms with E-state index in [1.807, 2.05) is 0 Å². The van der Waals surface area contributed by atoms with Crippen molar-refractivity contribution in [3.05, 3.63) is 34.4 Å². The van der Waals surface area contributed by atoms with Crippen LogP contribution in [0.1, 0.15) is 44.7 Å². The van der Waals surface area contributed by atoms with Gasteiger partial charge in [-0.3, -0.25) is 29.4 Å². The number of hydrogen-bond acceptors (Lipinski definition) is 5. The van der Waals surface area contributed by atoms with Crippen LogP contribution in [0, 0.1) is 0 Å². The molecule has 0 bridgehead atoms. The van der Waals surface area contributed by atoms with Gasteiger partial charge in [0.05, 0.1) is 11.1 Å². The Bertz CT molecular complexity index is 718. The molecule has 0 saturated carbocycles. The van der Waals surface area contributed by atoms with Crippen LogP contribution in [0.5, 0.6) is 0 Å². The largest absolute Gasteiger partial charge is 0.309 e. The van der Waals surface area contributed by atoms with Crippen LogP contribution in [0.3, 0.4) is 0 Å². The molecular formula is C15H14ClN3O4. The van der Waals surface area contributed by atoms with Crippen molar-refractivity contribution in [2.24, 2.45) is 0 Å². The Morgan fingerprint density at radius 3 is 2.04 bits per heavy atom. The van der Waals surface area contributed by atoms with E-state index >= 15 is 0 Å². The lowest BCUT2D eigenvalue weighted by Crippen LogP contribution is -2.54. The van der Waals surface area contributed by atoms with E-state index in [4.69, 9.17) is 0 Å². The standard InChI is InChI=1S/C15H13N3O4.ClH/c19-12-2-1-11(13(20)17-12)18-14(21)9-3-7-5-16-6-8(7)4-10(9)15(18)22;/h3-4,11,16H,1-2,5-6H2,(H,17,19,20);1H. The number of hydrogen-bond donors (Lipinski definition) is 2. The normalized spacial score (nSPS) is 22.6. The second kappa shape index (κ2) is 5.43. The molecular weight excluding hydrogens is 322 g/mol. The third-order valence-electron chi connectivity index (χ3n) is 4.39. The summed E-state index contributed by atoms with van der Waals surface area (Å²) < 4.78 is 0. The third kappa shape index (κ3) is 2.24. The molecule has 1 aromatic carbocycles. The Labute approximate surface area is 137 Å². The number of rotatable bonds is 1. The van der Waals surface area contributed by atoms with Crippen LogP contribution in [0.25, 0.3) is 0 Å². The molecule has 120 valence electrons. The predicted molar refractivity (Wildman–Crippen MR) is 80.9 cm³/mol. The third-order valence-corrected chi connectivity index (χ3v) is 4.39. The molecule has 4 rings (SSSR count). The fourth-order valence-corrected chi connectivity index (χ4v) is 3.27. The van der Waals surface area contributed by atoms with Gasteiger partial charge in [0.15, 0.2) is 0 Å².